The van der Waals surface area contributed by atoms with E-state index in [0.717, 1.165) is 0 Å². The van der Waals surface area contributed by atoms with E-state index in [1.807, 2.05) is 0 Å². The molecule has 128 valence electrons. The van der Waals surface area contributed by atoms with Crippen molar-refractivity contribution in [1.29, 1.82) is 0 Å². The van der Waals surface area contributed by atoms with Crippen molar-refractivity contribution in [2.24, 2.45) is 5.92 Å². The molecular weight excluding hydrogens is 290 g/mol. The Labute approximate surface area is 131 Å². The van der Waals surface area contributed by atoms with Gasteiger partial charge in [0, 0.05) is 0 Å². The zero-order chi connectivity index (χ0) is 17.3. The quantitative estimate of drug-likeness (QED) is 0.439. The first kappa shape index (κ1) is 20.2. The van der Waals surface area contributed by atoms with Crippen LogP contribution in [-0.2, 0) is 23.8 Å². The van der Waals surface area contributed by atoms with Gasteiger partial charge in [0.15, 0.2) is 5.92 Å². The molecule has 1 unspecified atom stereocenters. The molecule has 0 heterocycles. The molecule has 1 atom stereocenters. The van der Waals surface area contributed by atoms with Gasteiger partial charge in [-0.15, -0.1) is 0 Å². The largest absolute Gasteiger partial charge is 0.465 e. The van der Waals surface area contributed by atoms with Gasteiger partial charge in [-0.1, -0.05) is 6.92 Å². The molecule has 22 heavy (non-hydrogen) atoms. The molecule has 0 saturated carbocycles. The minimum absolute atomic E-state index is 0.137. The third kappa shape index (κ3) is 7.28. The first-order chi connectivity index (χ1) is 10.2. The van der Waals surface area contributed by atoms with Crippen LogP contribution in [0.2, 0.25) is 0 Å². The summed E-state index contributed by atoms with van der Waals surface area (Å²) >= 11 is 0. The summed E-state index contributed by atoms with van der Waals surface area (Å²) in [6.07, 6.45) is -0.348. The molecule has 1 amide bonds. The molecule has 0 spiro atoms. The minimum atomic E-state index is -1.21. The molecule has 0 aromatic carbocycles. The van der Waals surface area contributed by atoms with E-state index >= 15 is 0 Å². The van der Waals surface area contributed by atoms with Crippen molar-refractivity contribution in [2.75, 3.05) is 13.2 Å². The molecule has 0 fully saturated rings. The summed E-state index contributed by atoms with van der Waals surface area (Å²) < 4.78 is 15.0. The molecule has 0 aliphatic rings. The molecule has 7 nitrogen and oxygen atoms in total. The summed E-state index contributed by atoms with van der Waals surface area (Å²) in [6.45, 7) is 10.5. The van der Waals surface area contributed by atoms with Crippen LogP contribution in [0.1, 0.15) is 48.0 Å². The third-order valence-corrected chi connectivity index (χ3v) is 2.63. The van der Waals surface area contributed by atoms with Crippen LogP contribution >= 0.6 is 0 Å². The van der Waals surface area contributed by atoms with Crippen LogP contribution in [0.25, 0.3) is 0 Å². The van der Waals surface area contributed by atoms with E-state index in [1.54, 1.807) is 41.5 Å². The molecule has 0 radical (unpaired) electrons. The first-order valence-corrected chi connectivity index (χ1v) is 7.49. The van der Waals surface area contributed by atoms with Crippen LogP contribution in [0, 0.1) is 5.92 Å². The van der Waals surface area contributed by atoms with E-state index in [-0.39, 0.29) is 13.2 Å². The van der Waals surface area contributed by atoms with Crippen LogP contribution in [0.4, 0.5) is 4.79 Å². The standard InChI is InChI=1S/C15H27NO6/c1-7-10(16-14(19)22-15(4,5)6)11(12(17)20-8-2)13(18)21-9-3/h10-11H,7-9H2,1-6H3,(H,16,19). The van der Waals surface area contributed by atoms with Gasteiger partial charge in [-0.2, -0.15) is 0 Å². The molecule has 0 rings (SSSR count). The highest BCUT2D eigenvalue weighted by molar-refractivity contribution is 5.96. The Balaban J connectivity index is 5.08. The van der Waals surface area contributed by atoms with Crippen LogP contribution in [0.5, 0.6) is 0 Å². The second-order valence-electron chi connectivity index (χ2n) is 5.64. The molecule has 0 aromatic heterocycles. The smallest absolute Gasteiger partial charge is 0.407 e. The van der Waals surface area contributed by atoms with Crippen molar-refractivity contribution in [3.8, 4) is 0 Å². The zero-order valence-corrected chi connectivity index (χ0v) is 14.2. The van der Waals surface area contributed by atoms with Gasteiger partial charge in [0.25, 0.3) is 0 Å². The van der Waals surface area contributed by atoms with Crippen molar-refractivity contribution < 1.29 is 28.6 Å². The van der Waals surface area contributed by atoms with Crippen LogP contribution in [0.3, 0.4) is 0 Å². The number of esters is 2. The summed E-state index contributed by atoms with van der Waals surface area (Å²) in [7, 11) is 0. The highest BCUT2D eigenvalue weighted by Crippen LogP contribution is 2.15. The first-order valence-electron chi connectivity index (χ1n) is 7.49. The van der Waals surface area contributed by atoms with E-state index < -0.39 is 35.6 Å². The maximum absolute atomic E-state index is 12.0. The predicted octanol–water partition coefficient (Wildman–Crippen LogP) is 2.03. The number of rotatable bonds is 7. The Kier molecular flexibility index (Phi) is 8.52. The molecule has 1 N–H and O–H groups in total. The summed E-state index contributed by atoms with van der Waals surface area (Å²) in [4.78, 5) is 35.9. The van der Waals surface area contributed by atoms with E-state index in [2.05, 4.69) is 5.32 Å². The second kappa shape index (κ2) is 9.27. The average Bonchev–Trinajstić information content (AvgIpc) is 2.36. The lowest BCUT2D eigenvalue weighted by molar-refractivity contribution is -0.163. The van der Waals surface area contributed by atoms with E-state index in [1.165, 1.54) is 0 Å². The molecule has 0 aliphatic carbocycles. The van der Waals surface area contributed by atoms with Gasteiger partial charge < -0.3 is 19.5 Å². The molecule has 0 bridgehead atoms. The monoisotopic (exact) mass is 317 g/mol. The fraction of sp³-hybridized carbons (Fsp3) is 0.800. The lowest BCUT2D eigenvalue weighted by Gasteiger charge is -2.26. The highest BCUT2D eigenvalue weighted by atomic mass is 16.6. The lowest BCUT2D eigenvalue weighted by atomic mass is 9.97. The number of carbonyl (C=O) groups is 3. The summed E-state index contributed by atoms with van der Waals surface area (Å²) in [5, 5.41) is 2.54. The van der Waals surface area contributed by atoms with Gasteiger partial charge in [0.2, 0.25) is 0 Å². The zero-order valence-electron chi connectivity index (χ0n) is 14.2. The van der Waals surface area contributed by atoms with Gasteiger partial charge in [0.05, 0.1) is 19.3 Å². The van der Waals surface area contributed by atoms with Crippen LogP contribution < -0.4 is 5.32 Å². The molecule has 0 aliphatic heterocycles. The fourth-order valence-electron chi connectivity index (χ4n) is 1.77. The second-order valence-corrected chi connectivity index (χ2v) is 5.64. The van der Waals surface area contributed by atoms with Gasteiger partial charge in [0.1, 0.15) is 5.60 Å². The molecule has 0 aromatic rings. The number of hydrogen-bond acceptors (Lipinski definition) is 6. The summed E-state index contributed by atoms with van der Waals surface area (Å²) in [6, 6.07) is -0.757. The molecule has 7 heteroatoms. The normalized spacial score (nSPS) is 12.5. The Morgan fingerprint density at radius 1 is 0.955 bits per heavy atom. The van der Waals surface area contributed by atoms with Crippen molar-refractivity contribution in [3.05, 3.63) is 0 Å². The maximum Gasteiger partial charge on any atom is 0.407 e. The van der Waals surface area contributed by atoms with Crippen molar-refractivity contribution in [1.82, 2.24) is 5.32 Å². The maximum atomic E-state index is 12.0. The number of nitrogens with one attached hydrogen (secondary N) is 1. The van der Waals surface area contributed by atoms with Crippen LogP contribution in [0.15, 0.2) is 0 Å². The molecule has 0 saturated heterocycles. The number of hydrogen-bond donors (Lipinski definition) is 1. The average molecular weight is 317 g/mol. The number of alkyl carbamates (subject to hydrolysis) is 1. The van der Waals surface area contributed by atoms with Crippen LogP contribution in [-0.4, -0.2) is 42.9 Å². The number of carbonyl (C=O) groups excluding carboxylic acids is 3. The molecular formula is C15H27NO6. The van der Waals surface area contributed by atoms with E-state index in [4.69, 9.17) is 14.2 Å². The Morgan fingerprint density at radius 2 is 1.41 bits per heavy atom. The predicted molar refractivity (Wildman–Crippen MR) is 80.2 cm³/mol. The Morgan fingerprint density at radius 3 is 1.73 bits per heavy atom. The fourth-order valence-corrected chi connectivity index (χ4v) is 1.77. The van der Waals surface area contributed by atoms with E-state index in [0.29, 0.717) is 6.42 Å². The Hall–Kier alpha value is -1.79. The third-order valence-electron chi connectivity index (χ3n) is 2.63. The number of ether oxygens (including phenoxy) is 3. The summed E-state index contributed by atoms with van der Waals surface area (Å²) in [5.41, 5.74) is -0.675. The van der Waals surface area contributed by atoms with Gasteiger partial charge in [-0.25, -0.2) is 4.79 Å². The summed E-state index contributed by atoms with van der Waals surface area (Å²) in [5.74, 6) is -2.65. The van der Waals surface area contributed by atoms with Gasteiger partial charge in [-0.05, 0) is 41.0 Å². The van der Waals surface area contributed by atoms with Crippen molar-refractivity contribution in [2.45, 2.75) is 59.6 Å². The van der Waals surface area contributed by atoms with Gasteiger partial charge >= 0.3 is 18.0 Å². The number of amides is 1. The van der Waals surface area contributed by atoms with Crippen molar-refractivity contribution in [3.63, 3.8) is 0 Å². The topological polar surface area (TPSA) is 90.9 Å². The Bertz CT molecular complexity index is 370. The van der Waals surface area contributed by atoms with E-state index in [9.17, 15) is 14.4 Å². The SMILES string of the molecule is CCOC(=O)C(C(=O)OCC)C(CC)NC(=O)OC(C)(C)C. The highest BCUT2D eigenvalue weighted by Gasteiger charge is 2.38. The van der Waals surface area contributed by atoms with Gasteiger partial charge in [-0.3, -0.25) is 9.59 Å². The van der Waals surface area contributed by atoms with Crippen molar-refractivity contribution >= 4 is 18.0 Å². The minimum Gasteiger partial charge on any atom is -0.465 e. The lowest BCUT2D eigenvalue weighted by Crippen LogP contribution is -2.49.